The molecule has 10 nitrogen and oxygen atoms in total. The fourth-order valence-corrected chi connectivity index (χ4v) is 2.23. The Kier molecular flexibility index (Phi) is 8.90. The number of carboxylic acids is 2. The van der Waals surface area contributed by atoms with Gasteiger partial charge < -0.3 is 31.7 Å². The molecule has 10 heteroatoms. The standard InChI is InChI=1S/C17H23N3O7/c18-11(8-10-4-2-1-3-5-10)15(24)20-13(9-21)16(25)19-12(17(26)27)6-7-14(22)23/h1-5,11-13,21H,6-9,18H2,(H,19,25)(H,20,24)(H,22,23)(H,26,27)/t11-,12-,13-/m0/s1. The first-order valence-corrected chi connectivity index (χ1v) is 8.20. The zero-order valence-electron chi connectivity index (χ0n) is 14.5. The second kappa shape index (κ2) is 10.9. The third-order valence-corrected chi connectivity index (χ3v) is 3.71. The maximum Gasteiger partial charge on any atom is 0.326 e. The van der Waals surface area contributed by atoms with Gasteiger partial charge in [0.1, 0.15) is 12.1 Å². The van der Waals surface area contributed by atoms with E-state index in [1.165, 1.54) is 0 Å². The van der Waals surface area contributed by atoms with Crippen molar-refractivity contribution in [1.29, 1.82) is 0 Å². The van der Waals surface area contributed by atoms with Crippen LogP contribution in [0.15, 0.2) is 30.3 Å². The van der Waals surface area contributed by atoms with Crippen LogP contribution in [-0.4, -0.2) is 63.8 Å². The van der Waals surface area contributed by atoms with E-state index in [0.29, 0.717) is 0 Å². The first kappa shape index (κ1) is 22.1. The van der Waals surface area contributed by atoms with E-state index in [2.05, 4.69) is 10.6 Å². The van der Waals surface area contributed by atoms with Gasteiger partial charge in [0.2, 0.25) is 11.8 Å². The van der Waals surface area contributed by atoms with Crippen molar-refractivity contribution in [1.82, 2.24) is 10.6 Å². The van der Waals surface area contributed by atoms with Crippen LogP contribution < -0.4 is 16.4 Å². The maximum absolute atomic E-state index is 12.1. The van der Waals surface area contributed by atoms with Crippen LogP contribution in [0.3, 0.4) is 0 Å². The van der Waals surface area contributed by atoms with Gasteiger partial charge in [-0.2, -0.15) is 0 Å². The number of rotatable bonds is 11. The predicted octanol–water partition coefficient (Wildman–Crippen LogP) is -1.53. The topological polar surface area (TPSA) is 179 Å². The van der Waals surface area contributed by atoms with Crippen molar-refractivity contribution in [2.24, 2.45) is 5.73 Å². The van der Waals surface area contributed by atoms with E-state index in [1.807, 2.05) is 6.07 Å². The maximum atomic E-state index is 12.1. The molecule has 0 bridgehead atoms. The van der Waals surface area contributed by atoms with Gasteiger partial charge in [-0.3, -0.25) is 14.4 Å². The lowest BCUT2D eigenvalue weighted by molar-refractivity contribution is -0.143. The lowest BCUT2D eigenvalue weighted by Gasteiger charge is -2.21. The number of aliphatic hydroxyl groups is 1. The fourth-order valence-electron chi connectivity index (χ4n) is 2.23. The summed E-state index contributed by atoms with van der Waals surface area (Å²) >= 11 is 0. The number of amides is 2. The molecule has 0 spiro atoms. The van der Waals surface area contributed by atoms with E-state index < -0.39 is 54.9 Å². The summed E-state index contributed by atoms with van der Waals surface area (Å²) in [6.45, 7) is -0.777. The molecule has 0 saturated heterocycles. The van der Waals surface area contributed by atoms with Crippen molar-refractivity contribution in [3.05, 3.63) is 35.9 Å². The normalized spacial score (nSPS) is 13.9. The molecule has 3 atom stereocenters. The Hall–Kier alpha value is -2.98. The molecule has 0 unspecified atom stereocenters. The van der Waals surface area contributed by atoms with Crippen molar-refractivity contribution in [2.75, 3.05) is 6.61 Å². The van der Waals surface area contributed by atoms with Gasteiger partial charge >= 0.3 is 11.9 Å². The van der Waals surface area contributed by atoms with E-state index in [0.717, 1.165) is 5.56 Å². The summed E-state index contributed by atoms with van der Waals surface area (Å²) in [7, 11) is 0. The van der Waals surface area contributed by atoms with Gasteiger partial charge in [-0.05, 0) is 18.4 Å². The Labute approximate surface area is 155 Å². The summed E-state index contributed by atoms with van der Waals surface area (Å²) in [6.07, 6.45) is -0.589. The Morgan fingerprint density at radius 2 is 1.56 bits per heavy atom. The lowest BCUT2D eigenvalue weighted by Crippen LogP contribution is -2.56. The van der Waals surface area contributed by atoms with Crippen LogP contribution in [0.25, 0.3) is 0 Å². The minimum absolute atomic E-state index is 0.211. The molecule has 7 N–H and O–H groups in total. The Morgan fingerprint density at radius 1 is 0.963 bits per heavy atom. The highest BCUT2D eigenvalue weighted by Crippen LogP contribution is 2.03. The minimum atomic E-state index is -1.46. The Balaban J connectivity index is 2.64. The molecule has 0 aliphatic rings. The molecule has 0 aliphatic heterocycles. The number of nitrogens with one attached hydrogen (secondary N) is 2. The number of aliphatic hydroxyl groups excluding tert-OH is 1. The Bertz CT molecular complexity index is 666. The smallest absolute Gasteiger partial charge is 0.326 e. The number of benzene rings is 1. The quantitative estimate of drug-likeness (QED) is 0.267. The van der Waals surface area contributed by atoms with Crippen LogP contribution in [0.5, 0.6) is 0 Å². The van der Waals surface area contributed by atoms with Crippen molar-refractivity contribution in [3.8, 4) is 0 Å². The monoisotopic (exact) mass is 381 g/mol. The third-order valence-electron chi connectivity index (χ3n) is 3.71. The van der Waals surface area contributed by atoms with Gasteiger partial charge in [0.15, 0.2) is 0 Å². The van der Waals surface area contributed by atoms with Crippen LogP contribution >= 0.6 is 0 Å². The molecule has 0 saturated carbocycles. The van der Waals surface area contributed by atoms with Gasteiger partial charge in [0, 0.05) is 6.42 Å². The second-order valence-electron chi connectivity index (χ2n) is 5.87. The molecule has 0 radical (unpaired) electrons. The van der Waals surface area contributed by atoms with Crippen molar-refractivity contribution >= 4 is 23.8 Å². The number of hydrogen-bond acceptors (Lipinski definition) is 6. The number of nitrogens with two attached hydrogens (primary N) is 1. The first-order valence-electron chi connectivity index (χ1n) is 8.20. The van der Waals surface area contributed by atoms with Crippen molar-refractivity contribution in [3.63, 3.8) is 0 Å². The molecule has 148 valence electrons. The average molecular weight is 381 g/mol. The summed E-state index contributed by atoms with van der Waals surface area (Å²) < 4.78 is 0. The number of carboxylic acid groups (broad SMARTS) is 2. The zero-order valence-corrected chi connectivity index (χ0v) is 14.5. The zero-order chi connectivity index (χ0) is 20.4. The van der Waals surface area contributed by atoms with Gasteiger partial charge in [-0.25, -0.2) is 4.79 Å². The first-order chi connectivity index (χ1) is 12.7. The summed E-state index contributed by atoms with van der Waals surface area (Å²) in [5.74, 6) is -4.27. The second-order valence-corrected chi connectivity index (χ2v) is 5.87. The van der Waals surface area contributed by atoms with Gasteiger partial charge in [0.25, 0.3) is 0 Å². The molecule has 2 amide bonds. The molecule has 1 aromatic rings. The molecular weight excluding hydrogens is 358 g/mol. The van der Waals surface area contributed by atoms with Crippen LogP contribution in [0.2, 0.25) is 0 Å². The third kappa shape index (κ3) is 7.84. The highest BCUT2D eigenvalue weighted by molar-refractivity contribution is 5.92. The molecule has 27 heavy (non-hydrogen) atoms. The minimum Gasteiger partial charge on any atom is -0.481 e. The predicted molar refractivity (Wildman–Crippen MR) is 93.6 cm³/mol. The summed E-state index contributed by atoms with van der Waals surface area (Å²) in [5.41, 5.74) is 6.61. The molecule has 0 fully saturated rings. The van der Waals surface area contributed by atoms with Gasteiger partial charge in [-0.15, -0.1) is 0 Å². The van der Waals surface area contributed by atoms with Crippen molar-refractivity contribution < 1.29 is 34.5 Å². The molecule has 1 rings (SSSR count). The number of hydrogen-bond donors (Lipinski definition) is 6. The Morgan fingerprint density at radius 3 is 2.07 bits per heavy atom. The summed E-state index contributed by atoms with van der Waals surface area (Å²) in [5, 5.41) is 31.4. The molecule has 0 heterocycles. The average Bonchev–Trinajstić information content (AvgIpc) is 2.62. The summed E-state index contributed by atoms with van der Waals surface area (Å²) in [6, 6.07) is 5.09. The van der Waals surface area contributed by atoms with Crippen LogP contribution in [0.1, 0.15) is 18.4 Å². The van der Waals surface area contributed by atoms with Crippen LogP contribution in [0, 0.1) is 0 Å². The van der Waals surface area contributed by atoms with E-state index >= 15 is 0 Å². The molecule has 0 aliphatic carbocycles. The highest BCUT2D eigenvalue weighted by Gasteiger charge is 2.27. The molecular formula is C17H23N3O7. The van der Waals surface area contributed by atoms with E-state index in [-0.39, 0.29) is 12.8 Å². The molecule has 0 aromatic heterocycles. The van der Waals surface area contributed by atoms with Crippen LogP contribution in [-0.2, 0) is 25.6 Å². The summed E-state index contributed by atoms with van der Waals surface area (Å²) in [4.78, 5) is 45.9. The van der Waals surface area contributed by atoms with E-state index in [9.17, 15) is 24.3 Å². The SMILES string of the molecule is N[C@@H](Cc1ccccc1)C(=O)N[C@@H](CO)C(=O)N[C@@H](CCC(=O)O)C(=O)O. The molecule has 1 aromatic carbocycles. The highest BCUT2D eigenvalue weighted by atomic mass is 16.4. The number of carbonyl (C=O) groups excluding carboxylic acids is 2. The largest absolute Gasteiger partial charge is 0.481 e. The van der Waals surface area contributed by atoms with Crippen molar-refractivity contribution in [2.45, 2.75) is 37.4 Å². The number of carbonyl (C=O) groups is 4. The lowest BCUT2D eigenvalue weighted by atomic mass is 10.1. The van der Waals surface area contributed by atoms with E-state index in [4.69, 9.17) is 15.9 Å². The number of aliphatic carboxylic acids is 2. The van der Waals surface area contributed by atoms with E-state index in [1.54, 1.807) is 24.3 Å². The fraction of sp³-hybridized carbons (Fsp3) is 0.412. The van der Waals surface area contributed by atoms with Crippen LogP contribution in [0.4, 0.5) is 0 Å². The van der Waals surface area contributed by atoms with Gasteiger partial charge in [-0.1, -0.05) is 30.3 Å². The van der Waals surface area contributed by atoms with Gasteiger partial charge in [0.05, 0.1) is 12.6 Å².